The lowest BCUT2D eigenvalue weighted by Gasteiger charge is -2.12. The van der Waals surface area contributed by atoms with Gasteiger partial charge in [0.05, 0.1) is 6.61 Å². The Morgan fingerprint density at radius 3 is 1.90 bits per heavy atom. The summed E-state index contributed by atoms with van der Waals surface area (Å²) in [5.74, 6) is -1.37. The van der Waals surface area contributed by atoms with E-state index < -0.39 is 18.2 Å². The van der Waals surface area contributed by atoms with Crippen LogP contribution in [-0.2, 0) is 23.8 Å². The van der Waals surface area contributed by atoms with Gasteiger partial charge in [0.25, 0.3) is 0 Å². The second kappa shape index (κ2) is 12.4. The highest BCUT2D eigenvalue weighted by atomic mass is 16.7. The molecule has 0 aromatic carbocycles. The van der Waals surface area contributed by atoms with Gasteiger partial charge >= 0.3 is 11.9 Å². The van der Waals surface area contributed by atoms with Crippen molar-refractivity contribution in [1.82, 2.24) is 0 Å². The molecule has 0 aliphatic rings. The zero-order chi connectivity index (χ0) is 16.8. The van der Waals surface area contributed by atoms with Gasteiger partial charge in [0.15, 0.2) is 0 Å². The molecule has 114 valence electrons. The Labute approximate surface area is 124 Å². The lowest BCUT2D eigenvalue weighted by Crippen LogP contribution is -2.19. The maximum atomic E-state index is 10.9. The second-order valence-electron chi connectivity index (χ2n) is 3.38. The molecule has 0 heterocycles. The number of ether oxygens (including phenoxy) is 3. The van der Waals surface area contributed by atoms with Crippen LogP contribution in [0.1, 0.15) is 20.3 Å². The minimum atomic E-state index is -0.730. The summed E-state index contributed by atoms with van der Waals surface area (Å²) in [6.07, 6.45) is -0.0522. The van der Waals surface area contributed by atoms with Crippen LogP contribution in [0.25, 0.3) is 0 Å². The number of esters is 2. The monoisotopic (exact) mass is 294 g/mol. The van der Waals surface area contributed by atoms with Gasteiger partial charge in [-0.05, 0) is 6.92 Å². The molecule has 0 saturated carbocycles. The summed E-state index contributed by atoms with van der Waals surface area (Å²) in [6.45, 7) is 10.1. The van der Waals surface area contributed by atoms with Crippen molar-refractivity contribution in [3.8, 4) is 12.1 Å². The first-order chi connectivity index (χ1) is 9.87. The van der Waals surface area contributed by atoms with Crippen LogP contribution >= 0.6 is 0 Å². The molecule has 0 aliphatic heterocycles. The lowest BCUT2D eigenvalue weighted by molar-refractivity contribution is -0.168. The fraction of sp³-hybridized carbons (Fsp3) is 0.429. The van der Waals surface area contributed by atoms with Crippen molar-refractivity contribution in [2.75, 3.05) is 13.7 Å². The highest BCUT2D eigenvalue weighted by molar-refractivity contribution is 5.92. The third kappa shape index (κ3) is 9.88. The van der Waals surface area contributed by atoms with Crippen molar-refractivity contribution in [1.29, 1.82) is 10.5 Å². The largest absolute Gasteiger partial charge is 0.462 e. The molecule has 0 rings (SSSR count). The van der Waals surface area contributed by atoms with Gasteiger partial charge in [-0.3, -0.25) is 0 Å². The van der Waals surface area contributed by atoms with Crippen molar-refractivity contribution < 1.29 is 23.8 Å². The molecular weight excluding hydrogens is 276 g/mol. The molecule has 0 bridgehead atoms. The fourth-order valence-corrected chi connectivity index (χ4v) is 0.798. The van der Waals surface area contributed by atoms with Gasteiger partial charge in [-0.15, -0.1) is 0 Å². The SMILES string of the molecule is C=C(C#N)C(=O)OC(CC)OC.C=C(C#N)C(=O)OCC. The van der Waals surface area contributed by atoms with Gasteiger partial charge in [-0.25, -0.2) is 9.59 Å². The predicted molar refractivity (Wildman–Crippen MR) is 73.3 cm³/mol. The third-order valence-electron chi connectivity index (χ3n) is 1.87. The number of methoxy groups -OCH3 is 1. The Morgan fingerprint density at radius 1 is 1.10 bits per heavy atom. The average Bonchev–Trinajstić information content (AvgIpc) is 2.51. The first-order valence-corrected chi connectivity index (χ1v) is 5.96. The van der Waals surface area contributed by atoms with Gasteiger partial charge < -0.3 is 14.2 Å². The molecule has 0 aromatic heterocycles. The summed E-state index contributed by atoms with van der Waals surface area (Å²) in [5.41, 5.74) is -0.373. The second-order valence-corrected chi connectivity index (χ2v) is 3.38. The number of carbonyl (C=O) groups is 2. The molecule has 0 amide bonds. The minimum absolute atomic E-state index is 0.156. The van der Waals surface area contributed by atoms with Gasteiger partial charge in [0.1, 0.15) is 23.3 Å². The molecule has 0 saturated heterocycles. The van der Waals surface area contributed by atoms with E-state index in [0.717, 1.165) is 0 Å². The van der Waals surface area contributed by atoms with E-state index in [-0.39, 0.29) is 17.8 Å². The molecule has 7 nitrogen and oxygen atoms in total. The highest BCUT2D eigenvalue weighted by Gasteiger charge is 2.13. The molecule has 0 fully saturated rings. The van der Waals surface area contributed by atoms with Crippen molar-refractivity contribution in [3.05, 3.63) is 24.3 Å². The molecule has 1 unspecified atom stereocenters. The summed E-state index contributed by atoms with van der Waals surface area (Å²) in [5, 5.41) is 16.4. The van der Waals surface area contributed by atoms with Crippen molar-refractivity contribution >= 4 is 11.9 Å². The highest BCUT2D eigenvalue weighted by Crippen LogP contribution is 2.02. The molecule has 0 N–H and O–H groups in total. The first kappa shape index (κ1) is 20.7. The number of hydrogen-bond acceptors (Lipinski definition) is 7. The van der Waals surface area contributed by atoms with E-state index >= 15 is 0 Å². The summed E-state index contributed by atoms with van der Waals surface area (Å²) in [7, 11) is 1.43. The maximum Gasteiger partial charge on any atom is 0.350 e. The quantitative estimate of drug-likeness (QED) is 0.317. The topological polar surface area (TPSA) is 109 Å². The van der Waals surface area contributed by atoms with E-state index in [0.29, 0.717) is 6.42 Å². The van der Waals surface area contributed by atoms with Crippen LogP contribution in [0.5, 0.6) is 0 Å². The lowest BCUT2D eigenvalue weighted by atomic mass is 10.3. The van der Waals surface area contributed by atoms with E-state index in [4.69, 9.17) is 20.0 Å². The van der Waals surface area contributed by atoms with Crippen molar-refractivity contribution in [2.45, 2.75) is 26.6 Å². The smallest absolute Gasteiger partial charge is 0.350 e. The van der Waals surface area contributed by atoms with E-state index in [1.54, 1.807) is 26.0 Å². The van der Waals surface area contributed by atoms with Crippen LogP contribution in [0.2, 0.25) is 0 Å². The van der Waals surface area contributed by atoms with Gasteiger partial charge in [0, 0.05) is 13.5 Å². The van der Waals surface area contributed by atoms with Crippen LogP contribution in [-0.4, -0.2) is 31.9 Å². The van der Waals surface area contributed by atoms with E-state index in [1.165, 1.54) is 7.11 Å². The Bertz CT molecular complexity index is 467. The van der Waals surface area contributed by atoms with Crippen LogP contribution in [0, 0.1) is 22.7 Å². The number of carbonyl (C=O) groups excluding carboxylic acids is 2. The molecule has 0 radical (unpaired) electrons. The van der Waals surface area contributed by atoms with Crippen LogP contribution in [0.4, 0.5) is 0 Å². The maximum absolute atomic E-state index is 10.9. The number of nitrogens with zero attached hydrogens (tertiary/aromatic N) is 2. The molecule has 21 heavy (non-hydrogen) atoms. The van der Waals surface area contributed by atoms with Crippen LogP contribution in [0.15, 0.2) is 24.3 Å². The van der Waals surface area contributed by atoms with E-state index in [1.807, 2.05) is 0 Å². The molecular formula is C14H18N2O5. The van der Waals surface area contributed by atoms with E-state index in [2.05, 4.69) is 17.9 Å². The van der Waals surface area contributed by atoms with E-state index in [9.17, 15) is 9.59 Å². The summed E-state index contributed by atoms with van der Waals surface area (Å²) >= 11 is 0. The summed E-state index contributed by atoms with van der Waals surface area (Å²) < 4.78 is 13.9. The first-order valence-electron chi connectivity index (χ1n) is 5.96. The Balaban J connectivity index is 0. The predicted octanol–water partition coefficient (Wildman–Crippen LogP) is 1.62. The Kier molecular flexibility index (Phi) is 12.2. The van der Waals surface area contributed by atoms with Crippen molar-refractivity contribution in [3.63, 3.8) is 0 Å². The normalized spacial score (nSPS) is 9.76. The average molecular weight is 294 g/mol. The third-order valence-corrected chi connectivity index (χ3v) is 1.87. The van der Waals surface area contributed by atoms with Crippen molar-refractivity contribution in [2.24, 2.45) is 0 Å². The standard InChI is InChI=1S/C8H11NO3.C6H7NO2/c1-4-7(11-3)12-8(10)6(2)5-9;1-3-9-6(8)5(2)4-7/h7H,2,4H2,1,3H3;2-3H2,1H3. The van der Waals surface area contributed by atoms with Crippen LogP contribution < -0.4 is 0 Å². The minimum Gasteiger partial charge on any atom is -0.462 e. The van der Waals surface area contributed by atoms with Crippen LogP contribution in [0.3, 0.4) is 0 Å². The fourth-order valence-electron chi connectivity index (χ4n) is 0.798. The van der Waals surface area contributed by atoms with Gasteiger partial charge in [-0.2, -0.15) is 10.5 Å². The molecule has 0 spiro atoms. The zero-order valence-corrected chi connectivity index (χ0v) is 12.3. The summed E-state index contributed by atoms with van der Waals surface area (Å²) in [6, 6.07) is 3.17. The Morgan fingerprint density at radius 2 is 1.57 bits per heavy atom. The number of hydrogen-bond donors (Lipinski definition) is 0. The molecule has 1 atom stereocenters. The number of nitriles is 2. The van der Waals surface area contributed by atoms with Gasteiger partial charge in [-0.1, -0.05) is 20.1 Å². The zero-order valence-electron chi connectivity index (χ0n) is 12.3. The molecule has 0 aromatic rings. The molecule has 0 aliphatic carbocycles. The summed E-state index contributed by atoms with van der Waals surface area (Å²) in [4.78, 5) is 21.3. The Hall–Kier alpha value is -2.64. The van der Waals surface area contributed by atoms with Gasteiger partial charge in [0.2, 0.25) is 6.29 Å². The molecule has 7 heteroatoms. The number of rotatable bonds is 6.